The lowest BCUT2D eigenvalue weighted by Crippen LogP contribution is -2.48. The topological polar surface area (TPSA) is 96.0 Å². The average Bonchev–Trinajstić information content (AvgIpc) is 3.26. The molecule has 33 heavy (non-hydrogen) atoms. The van der Waals surface area contributed by atoms with Gasteiger partial charge in [0.05, 0.1) is 10.6 Å². The van der Waals surface area contributed by atoms with Crippen LogP contribution in [0, 0.1) is 13.8 Å². The van der Waals surface area contributed by atoms with Crippen molar-refractivity contribution in [1.82, 2.24) is 4.31 Å². The van der Waals surface area contributed by atoms with Crippen molar-refractivity contribution in [3.8, 4) is 5.75 Å². The Labute approximate surface area is 194 Å². The first-order chi connectivity index (χ1) is 15.6. The number of likely N-dealkylation sites (N-methyl/N-ethyl adjacent to an activating group) is 1. The molecule has 1 saturated heterocycles. The molecule has 4 rings (SSSR count). The molecule has 2 atom stereocenters. The Bertz CT molecular complexity index is 1210. The molecule has 0 saturated carbocycles. The zero-order valence-corrected chi connectivity index (χ0v) is 20.1. The van der Waals surface area contributed by atoms with Gasteiger partial charge >= 0.3 is 0 Å². The van der Waals surface area contributed by atoms with Crippen LogP contribution in [0.5, 0.6) is 5.75 Å². The molecule has 0 aromatic heterocycles. The molecule has 0 spiro atoms. The third-order valence-corrected chi connectivity index (χ3v) is 8.23. The predicted octanol–water partition coefficient (Wildman–Crippen LogP) is 3.23. The Kier molecular flexibility index (Phi) is 6.20. The van der Waals surface area contributed by atoms with Crippen molar-refractivity contribution in [3.63, 3.8) is 0 Å². The molecule has 2 aliphatic heterocycles. The van der Waals surface area contributed by atoms with Crippen molar-refractivity contribution in [1.29, 1.82) is 0 Å². The van der Waals surface area contributed by atoms with Gasteiger partial charge in [-0.25, -0.2) is 8.42 Å². The van der Waals surface area contributed by atoms with Crippen LogP contribution in [0.15, 0.2) is 41.3 Å². The van der Waals surface area contributed by atoms with Crippen molar-refractivity contribution in [2.75, 3.05) is 23.3 Å². The highest BCUT2D eigenvalue weighted by atomic mass is 32.2. The molecule has 0 aliphatic carbocycles. The highest BCUT2D eigenvalue weighted by Crippen LogP contribution is 2.37. The summed E-state index contributed by atoms with van der Waals surface area (Å²) in [5.74, 6) is -0.196. The van der Waals surface area contributed by atoms with Gasteiger partial charge in [0.2, 0.25) is 15.9 Å². The zero-order chi connectivity index (χ0) is 23.9. The zero-order valence-electron chi connectivity index (χ0n) is 19.3. The molecule has 2 heterocycles. The largest absolute Gasteiger partial charge is 0.479 e. The number of amides is 2. The summed E-state index contributed by atoms with van der Waals surface area (Å²) in [6.07, 6.45) is 0.354. The van der Waals surface area contributed by atoms with E-state index in [9.17, 15) is 18.0 Å². The fraction of sp³-hybridized carbons (Fsp3) is 0.417. The second-order valence-corrected chi connectivity index (χ2v) is 10.4. The van der Waals surface area contributed by atoms with Crippen molar-refractivity contribution in [3.05, 3.63) is 47.5 Å². The highest BCUT2D eigenvalue weighted by molar-refractivity contribution is 7.89. The first kappa shape index (κ1) is 23.3. The maximum Gasteiger partial charge on any atom is 0.265 e. The van der Waals surface area contributed by atoms with E-state index in [1.54, 1.807) is 24.8 Å². The van der Waals surface area contributed by atoms with Crippen LogP contribution in [-0.2, 0) is 19.6 Å². The smallest absolute Gasteiger partial charge is 0.265 e. The minimum Gasteiger partial charge on any atom is -0.479 e. The van der Waals surface area contributed by atoms with Crippen molar-refractivity contribution < 1.29 is 22.7 Å². The van der Waals surface area contributed by atoms with Gasteiger partial charge in [0.15, 0.2) is 6.10 Å². The summed E-state index contributed by atoms with van der Waals surface area (Å²) in [5.41, 5.74) is 2.71. The van der Waals surface area contributed by atoms with E-state index < -0.39 is 22.2 Å². The normalized spacial score (nSPS) is 20.7. The third-order valence-electron chi connectivity index (χ3n) is 6.18. The highest BCUT2D eigenvalue weighted by Gasteiger charge is 2.42. The Morgan fingerprint density at radius 2 is 2.00 bits per heavy atom. The molecule has 2 amide bonds. The van der Waals surface area contributed by atoms with E-state index in [1.807, 2.05) is 38.1 Å². The van der Waals surface area contributed by atoms with Crippen LogP contribution >= 0.6 is 0 Å². The number of nitrogens with one attached hydrogen (secondary N) is 1. The number of carbonyl (C=O) groups is 2. The van der Waals surface area contributed by atoms with E-state index in [0.29, 0.717) is 36.4 Å². The first-order valence-electron chi connectivity index (χ1n) is 11.2. The number of hydrogen-bond acceptors (Lipinski definition) is 5. The summed E-state index contributed by atoms with van der Waals surface area (Å²) in [7, 11) is -3.97. The first-order valence-corrected chi connectivity index (χ1v) is 12.6. The molecule has 0 radical (unpaired) electrons. The van der Waals surface area contributed by atoms with Gasteiger partial charge in [-0.2, -0.15) is 4.31 Å². The summed E-state index contributed by atoms with van der Waals surface area (Å²) < 4.78 is 34.4. The number of hydrogen-bond donors (Lipinski definition) is 1. The van der Waals surface area contributed by atoms with Crippen molar-refractivity contribution in [2.45, 2.75) is 57.6 Å². The third kappa shape index (κ3) is 4.22. The Hall–Kier alpha value is -2.91. The van der Waals surface area contributed by atoms with Crippen LogP contribution in [0.1, 0.15) is 37.8 Å². The van der Waals surface area contributed by atoms with Crippen LogP contribution in [0.2, 0.25) is 0 Å². The maximum absolute atomic E-state index is 13.7. The summed E-state index contributed by atoms with van der Waals surface area (Å²) in [5, 5.41) is 2.74. The van der Waals surface area contributed by atoms with Gasteiger partial charge in [-0.3, -0.25) is 9.59 Å². The molecule has 9 heteroatoms. The number of anilines is 2. The average molecular weight is 472 g/mol. The van der Waals surface area contributed by atoms with Crippen LogP contribution in [0.3, 0.4) is 0 Å². The van der Waals surface area contributed by atoms with Gasteiger partial charge in [0.1, 0.15) is 11.8 Å². The van der Waals surface area contributed by atoms with Crippen molar-refractivity contribution in [2.24, 2.45) is 0 Å². The van der Waals surface area contributed by atoms with E-state index in [2.05, 4.69) is 5.32 Å². The number of aryl methyl sites for hydroxylation is 2. The molecule has 2 aromatic rings. The fourth-order valence-corrected chi connectivity index (χ4v) is 6.34. The van der Waals surface area contributed by atoms with Crippen LogP contribution in [-0.4, -0.2) is 49.8 Å². The second-order valence-electron chi connectivity index (χ2n) is 8.56. The van der Waals surface area contributed by atoms with E-state index in [0.717, 1.165) is 11.3 Å². The SMILES string of the molecule is CCN(C(=O)[C@@H]1CCCN1S(=O)(=O)c1cc2c(cc1C)NC(=O)[C@@H](C)O2)c1cccc(C)c1. The molecule has 2 aliphatic rings. The molecule has 1 fully saturated rings. The monoisotopic (exact) mass is 471 g/mol. The standard InChI is InChI=1S/C24H29N3O5S/c1-5-26(18-9-6-8-15(2)12-18)24(29)20-10-7-11-27(20)33(30,31)22-14-21-19(13-16(22)3)25-23(28)17(4)32-21/h6,8-9,12-14,17,20H,5,7,10-11H2,1-4H3,(H,25,28)/t17-,20+/m1/s1. The summed E-state index contributed by atoms with van der Waals surface area (Å²) in [6, 6.07) is 9.92. The van der Waals surface area contributed by atoms with Gasteiger partial charge in [-0.15, -0.1) is 0 Å². The molecular formula is C24H29N3O5S. The number of ether oxygens (including phenoxy) is 1. The van der Waals surface area contributed by atoms with E-state index >= 15 is 0 Å². The lowest BCUT2D eigenvalue weighted by Gasteiger charge is -2.30. The Morgan fingerprint density at radius 3 is 2.70 bits per heavy atom. The lowest BCUT2D eigenvalue weighted by molar-refractivity contribution is -0.123. The van der Waals surface area contributed by atoms with Gasteiger partial charge in [-0.1, -0.05) is 12.1 Å². The van der Waals surface area contributed by atoms with Gasteiger partial charge < -0.3 is 15.0 Å². The lowest BCUT2D eigenvalue weighted by atomic mass is 10.1. The van der Waals surface area contributed by atoms with E-state index in [1.165, 1.54) is 10.4 Å². The van der Waals surface area contributed by atoms with Crippen LogP contribution in [0.25, 0.3) is 0 Å². The summed E-state index contributed by atoms with van der Waals surface area (Å²) >= 11 is 0. The molecule has 0 bridgehead atoms. The number of sulfonamides is 1. The Morgan fingerprint density at radius 1 is 1.24 bits per heavy atom. The molecule has 1 N–H and O–H groups in total. The molecule has 176 valence electrons. The van der Waals surface area contributed by atoms with E-state index in [-0.39, 0.29) is 23.3 Å². The van der Waals surface area contributed by atoms with Crippen LogP contribution in [0.4, 0.5) is 11.4 Å². The Balaban J connectivity index is 1.67. The van der Waals surface area contributed by atoms with Gasteiger partial charge in [-0.05, 0) is 69.9 Å². The van der Waals surface area contributed by atoms with Gasteiger partial charge in [0.25, 0.3) is 5.91 Å². The number of fused-ring (bicyclic) bond motifs is 1. The quantitative estimate of drug-likeness (QED) is 0.722. The number of benzene rings is 2. The van der Waals surface area contributed by atoms with Crippen molar-refractivity contribution >= 4 is 33.2 Å². The minimum absolute atomic E-state index is 0.0860. The molecule has 8 nitrogen and oxygen atoms in total. The van der Waals surface area contributed by atoms with E-state index in [4.69, 9.17) is 4.74 Å². The van der Waals surface area contributed by atoms with Crippen LogP contribution < -0.4 is 15.0 Å². The number of rotatable bonds is 5. The molecular weight excluding hydrogens is 442 g/mol. The summed E-state index contributed by atoms with van der Waals surface area (Å²) in [6.45, 7) is 7.83. The fourth-order valence-electron chi connectivity index (χ4n) is 4.46. The van der Waals surface area contributed by atoms with Gasteiger partial charge in [0, 0.05) is 24.8 Å². The predicted molar refractivity (Wildman–Crippen MR) is 126 cm³/mol. The minimum atomic E-state index is -3.97. The molecule has 0 unspecified atom stereocenters. The molecule has 2 aromatic carbocycles. The number of nitrogens with zero attached hydrogens (tertiary/aromatic N) is 2. The summed E-state index contributed by atoms with van der Waals surface area (Å²) in [4.78, 5) is 27.2. The number of carbonyl (C=O) groups excluding carboxylic acids is 2. The maximum atomic E-state index is 13.7. The second kappa shape index (κ2) is 8.79.